The van der Waals surface area contributed by atoms with Crippen LogP contribution in [0.25, 0.3) is 0 Å². The highest BCUT2D eigenvalue weighted by molar-refractivity contribution is 5.84. The molecule has 0 unspecified atom stereocenters. The van der Waals surface area contributed by atoms with Crippen LogP contribution in [-0.2, 0) is 23.1 Å². The Morgan fingerprint density at radius 1 is 1.35 bits per heavy atom. The average Bonchev–Trinajstić information content (AvgIpc) is 2.92. The van der Waals surface area contributed by atoms with Gasteiger partial charge in [-0.15, -0.1) is 0 Å². The smallest absolute Gasteiger partial charge is 0.326 e. The van der Waals surface area contributed by atoms with Crippen LogP contribution in [0.5, 0.6) is 0 Å². The Hall–Kier alpha value is -2.67. The monoisotopic (exact) mass is 316 g/mol. The van der Waals surface area contributed by atoms with Crippen molar-refractivity contribution in [3.8, 4) is 0 Å². The first-order valence-corrected chi connectivity index (χ1v) is 7.25. The molecule has 1 aromatic heterocycles. The van der Waals surface area contributed by atoms with Gasteiger partial charge in [0.2, 0.25) is 5.91 Å². The third-order valence-corrected chi connectivity index (χ3v) is 3.44. The fraction of sp³-hybridized carbons (Fsp3) is 0.312. The van der Waals surface area contributed by atoms with Crippen LogP contribution in [0, 0.1) is 0 Å². The van der Waals surface area contributed by atoms with E-state index in [2.05, 4.69) is 10.3 Å². The first kappa shape index (κ1) is 16.7. The van der Waals surface area contributed by atoms with Gasteiger partial charge in [0.1, 0.15) is 6.04 Å². The molecule has 0 bridgehead atoms. The van der Waals surface area contributed by atoms with Crippen LogP contribution in [0.15, 0.2) is 42.9 Å². The molecule has 0 radical (unpaired) electrons. The zero-order valence-electron chi connectivity index (χ0n) is 12.8. The van der Waals surface area contributed by atoms with Gasteiger partial charge in [0.05, 0.1) is 12.0 Å². The molecule has 7 nitrogen and oxygen atoms in total. The predicted octanol–water partition coefficient (Wildman–Crippen LogP) is 0.622. The van der Waals surface area contributed by atoms with Crippen LogP contribution in [0.1, 0.15) is 23.7 Å². The van der Waals surface area contributed by atoms with Gasteiger partial charge < -0.3 is 20.7 Å². The summed E-state index contributed by atoms with van der Waals surface area (Å²) in [6.07, 6.45) is 3.46. The van der Waals surface area contributed by atoms with E-state index < -0.39 is 24.0 Å². The lowest BCUT2D eigenvalue weighted by atomic mass is 10.0. The summed E-state index contributed by atoms with van der Waals surface area (Å²) in [6.45, 7) is 0. The highest BCUT2D eigenvalue weighted by atomic mass is 16.4. The van der Waals surface area contributed by atoms with Gasteiger partial charge in [0, 0.05) is 32.1 Å². The number of amides is 1. The molecule has 0 aliphatic carbocycles. The Balaban J connectivity index is 1.94. The molecule has 4 N–H and O–H groups in total. The Kier molecular flexibility index (Phi) is 5.48. The summed E-state index contributed by atoms with van der Waals surface area (Å²) in [7, 11) is 1.80. The van der Waals surface area contributed by atoms with Gasteiger partial charge >= 0.3 is 5.97 Å². The number of carboxylic acid groups (broad SMARTS) is 1. The summed E-state index contributed by atoms with van der Waals surface area (Å²) in [5.41, 5.74) is 7.42. The van der Waals surface area contributed by atoms with Crippen molar-refractivity contribution in [2.24, 2.45) is 12.8 Å². The number of nitrogens with one attached hydrogen (secondary N) is 1. The lowest BCUT2D eigenvalue weighted by Crippen LogP contribution is -2.43. The minimum Gasteiger partial charge on any atom is -0.480 e. The van der Waals surface area contributed by atoms with Gasteiger partial charge in [-0.3, -0.25) is 4.79 Å². The SMILES string of the molecule is Cn1cnc(C[C@H](NC(=O)C[C@@H](N)c2ccccc2)C(=O)O)c1. The zero-order valence-corrected chi connectivity index (χ0v) is 12.8. The van der Waals surface area contributed by atoms with E-state index in [4.69, 9.17) is 5.73 Å². The lowest BCUT2D eigenvalue weighted by Gasteiger charge is -2.16. The van der Waals surface area contributed by atoms with Crippen LogP contribution in [-0.4, -0.2) is 32.6 Å². The van der Waals surface area contributed by atoms with Crippen molar-refractivity contribution >= 4 is 11.9 Å². The highest BCUT2D eigenvalue weighted by Crippen LogP contribution is 2.13. The molecule has 0 fully saturated rings. The molecule has 1 amide bonds. The number of carboxylic acids is 1. The van der Waals surface area contributed by atoms with Crippen LogP contribution >= 0.6 is 0 Å². The minimum absolute atomic E-state index is 0.0238. The molecule has 0 saturated carbocycles. The maximum Gasteiger partial charge on any atom is 0.326 e. The molecule has 23 heavy (non-hydrogen) atoms. The number of hydrogen-bond acceptors (Lipinski definition) is 4. The summed E-state index contributed by atoms with van der Waals surface area (Å²) < 4.78 is 1.72. The number of imidazole rings is 1. The van der Waals surface area contributed by atoms with E-state index >= 15 is 0 Å². The van der Waals surface area contributed by atoms with Gasteiger partial charge in [-0.1, -0.05) is 30.3 Å². The molecule has 7 heteroatoms. The van der Waals surface area contributed by atoms with E-state index in [-0.39, 0.29) is 12.8 Å². The van der Waals surface area contributed by atoms with Crippen molar-refractivity contribution in [3.63, 3.8) is 0 Å². The summed E-state index contributed by atoms with van der Waals surface area (Å²) in [6, 6.07) is 7.72. The van der Waals surface area contributed by atoms with Crippen molar-refractivity contribution < 1.29 is 14.7 Å². The normalized spacial score (nSPS) is 13.3. The second-order valence-corrected chi connectivity index (χ2v) is 5.41. The number of aryl methyl sites for hydroxylation is 1. The summed E-state index contributed by atoms with van der Waals surface area (Å²) in [4.78, 5) is 27.5. The van der Waals surface area contributed by atoms with Crippen LogP contribution < -0.4 is 11.1 Å². The molecule has 2 aromatic rings. The van der Waals surface area contributed by atoms with Crippen molar-refractivity contribution in [1.82, 2.24) is 14.9 Å². The molecule has 122 valence electrons. The Morgan fingerprint density at radius 3 is 2.61 bits per heavy atom. The van der Waals surface area contributed by atoms with E-state index in [9.17, 15) is 14.7 Å². The average molecular weight is 316 g/mol. The summed E-state index contributed by atoms with van der Waals surface area (Å²) >= 11 is 0. The van der Waals surface area contributed by atoms with Gasteiger partial charge in [-0.25, -0.2) is 9.78 Å². The van der Waals surface area contributed by atoms with Gasteiger partial charge in [0.15, 0.2) is 0 Å². The number of aromatic nitrogens is 2. The topological polar surface area (TPSA) is 110 Å². The van der Waals surface area contributed by atoms with E-state index in [1.54, 1.807) is 24.1 Å². The number of aliphatic carboxylic acids is 1. The van der Waals surface area contributed by atoms with E-state index in [1.807, 2.05) is 30.3 Å². The number of nitrogens with two attached hydrogens (primary N) is 1. The molecule has 1 aromatic carbocycles. The standard InChI is InChI=1S/C16H20N4O3/c1-20-9-12(18-10-20)7-14(16(22)23)19-15(21)8-13(17)11-5-3-2-4-6-11/h2-6,9-10,13-14H,7-8,17H2,1H3,(H,19,21)(H,22,23)/t13-,14+/m1/s1. The fourth-order valence-corrected chi connectivity index (χ4v) is 2.25. The van der Waals surface area contributed by atoms with Gasteiger partial charge in [-0.2, -0.15) is 0 Å². The fourth-order valence-electron chi connectivity index (χ4n) is 2.25. The van der Waals surface area contributed by atoms with Crippen LogP contribution in [0.3, 0.4) is 0 Å². The first-order chi connectivity index (χ1) is 11.0. The van der Waals surface area contributed by atoms with Crippen molar-refractivity contribution in [1.29, 1.82) is 0 Å². The van der Waals surface area contributed by atoms with Gasteiger partial charge in [-0.05, 0) is 5.56 Å². The van der Waals surface area contributed by atoms with Gasteiger partial charge in [0.25, 0.3) is 0 Å². The Labute approximate surface area is 134 Å². The third-order valence-electron chi connectivity index (χ3n) is 3.44. The molecular formula is C16H20N4O3. The van der Waals surface area contributed by atoms with Crippen molar-refractivity contribution in [2.75, 3.05) is 0 Å². The highest BCUT2D eigenvalue weighted by Gasteiger charge is 2.22. The zero-order chi connectivity index (χ0) is 16.8. The second-order valence-electron chi connectivity index (χ2n) is 5.41. The largest absolute Gasteiger partial charge is 0.480 e. The number of hydrogen-bond donors (Lipinski definition) is 3. The Morgan fingerprint density at radius 2 is 2.04 bits per heavy atom. The molecule has 0 spiro atoms. The number of carbonyl (C=O) groups is 2. The number of rotatable bonds is 7. The molecule has 0 aliphatic heterocycles. The number of nitrogens with zero attached hydrogens (tertiary/aromatic N) is 2. The van der Waals surface area contributed by atoms with E-state index in [0.29, 0.717) is 5.69 Å². The van der Waals surface area contributed by atoms with Crippen molar-refractivity contribution in [2.45, 2.75) is 24.9 Å². The lowest BCUT2D eigenvalue weighted by molar-refractivity contribution is -0.141. The molecule has 0 aliphatic rings. The molecular weight excluding hydrogens is 296 g/mol. The Bertz CT molecular complexity index is 669. The van der Waals surface area contributed by atoms with Crippen LogP contribution in [0.2, 0.25) is 0 Å². The number of carbonyl (C=O) groups excluding carboxylic acids is 1. The first-order valence-electron chi connectivity index (χ1n) is 7.25. The van der Waals surface area contributed by atoms with Crippen LogP contribution in [0.4, 0.5) is 0 Å². The maximum atomic E-state index is 12.1. The third kappa shape index (κ3) is 4.93. The summed E-state index contributed by atoms with van der Waals surface area (Å²) in [5, 5.41) is 11.8. The quantitative estimate of drug-likeness (QED) is 0.693. The summed E-state index contributed by atoms with van der Waals surface area (Å²) in [5.74, 6) is -1.50. The van der Waals surface area contributed by atoms with Crippen molar-refractivity contribution in [3.05, 3.63) is 54.1 Å². The minimum atomic E-state index is -1.10. The second kappa shape index (κ2) is 7.55. The molecule has 0 saturated heterocycles. The predicted molar refractivity (Wildman–Crippen MR) is 84.5 cm³/mol. The maximum absolute atomic E-state index is 12.1. The van der Waals surface area contributed by atoms with E-state index in [0.717, 1.165) is 5.56 Å². The number of benzene rings is 1. The molecule has 2 rings (SSSR count). The molecule has 1 heterocycles. The molecule has 2 atom stereocenters. The van der Waals surface area contributed by atoms with E-state index in [1.165, 1.54) is 0 Å².